The summed E-state index contributed by atoms with van der Waals surface area (Å²) in [5.74, 6) is -0.969. The van der Waals surface area contributed by atoms with Gasteiger partial charge in [-0.1, -0.05) is 13.0 Å². The highest BCUT2D eigenvalue weighted by atomic mass is 19.2. The van der Waals surface area contributed by atoms with Crippen LogP contribution in [0.3, 0.4) is 0 Å². The van der Waals surface area contributed by atoms with Crippen molar-refractivity contribution in [2.75, 3.05) is 46.4 Å². The summed E-state index contributed by atoms with van der Waals surface area (Å²) in [7, 11) is 1.70. The molecule has 1 atom stereocenters. The first-order valence-electron chi connectivity index (χ1n) is 8.78. The van der Waals surface area contributed by atoms with Gasteiger partial charge in [0.2, 0.25) is 0 Å². The Balaban J connectivity index is 1.86. The number of rotatable bonds is 4. The van der Waals surface area contributed by atoms with Crippen molar-refractivity contribution in [3.8, 4) is 0 Å². The van der Waals surface area contributed by atoms with Crippen LogP contribution < -0.4 is 5.32 Å². The standard InChI is InChI=1S/C18H26F2N4O2/c1-4-26-18(25)24-9-7-23(8-10-24)17(21-3)22-12-13(2)14-5-6-15(19)16(20)11-14/h5-6,11,13H,4,7-10,12H2,1-3H3,(H,21,22). The van der Waals surface area contributed by atoms with Crippen molar-refractivity contribution in [1.29, 1.82) is 0 Å². The normalized spacial score (nSPS) is 16.4. The second kappa shape index (κ2) is 9.35. The van der Waals surface area contributed by atoms with Crippen LogP contribution in [0.15, 0.2) is 23.2 Å². The molecule has 8 heteroatoms. The number of halogens is 2. The predicted octanol–water partition coefficient (Wildman–Crippen LogP) is 2.42. The zero-order valence-electron chi connectivity index (χ0n) is 15.5. The van der Waals surface area contributed by atoms with Crippen LogP contribution in [-0.2, 0) is 4.74 Å². The topological polar surface area (TPSA) is 57.2 Å². The van der Waals surface area contributed by atoms with Crippen LogP contribution >= 0.6 is 0 Å². The molecule has 1 aliphatic rings. The molecule has 1 unspecified atom stereocenters. The lowest BCUT2D eigenvalue weighted by molar-refractivity contribution is 0.0914. The molecule has 1 fully saturated rings. The Hall–Kier alpha value is -2.38. The molecule has 0 radical (unpaired) electrons. The number of piperazine rings is 1. The van der Waals surface area contributed by atoms with Crippen LogP contribution in [0, 0.1) is 11.6 Å². The minimum Gasteiger partial charge on any atom is -0.450 e. The molecular weight excluding hydrogens is 342 g/mol. The first-order valence-corrected chi connectivity index (χ1v) is 8.78. The fourth-order valence-corrected chi connectivity index (χ4v) is 2.83. The predicted molar refractivity (Wildman–Crippen MR) is 96.3 cm³/mol. The number of ether oxygens (including phenoxy) is 1. The fraction of sp³-hybridized carbons (Fsp3) is 0.556. The van der Waals surface area contributed by atoms with E-state index in [1.807, 2.05) is 6.92 Å². The van der Waals surface area contributed by atoms with Crippen LogP contribution in [0.4, 0.5) is 13.6 Å². The number of aliphatic imine (C=N–C) groups is 1. The Labute approximate surface area is 152 Å². The number of amides is 1. The van der Waals surface area contributed by atoms with Crippen molar-refractivity contribution in [2.24, 2.45) is 4.99 Å². The van der Waals surface area contributed by atoms with Gasteiger partial charge in [-0.15, -0.1) is 0 Å². The summed E-state index contributed by atoms with van der Waals surface area (Å²) in [5, 5.41) is 3.27. The van der Waals surface area contributed by atoms with Gasteiger partial charge < -0.3 is 19.9 Å². The van der Waals surface area contributed by atoms with E-state index in [2.05, 4.69) is 15.2 Å². The van der Waals surface area contributed by atoms with Crippen molar-refractivity contribution >= 4 is 12.1 Å². The maximum atomic E-state index is 13.4. The monoisotopic (exact) mass is 368 g/mol. The van der Waals surface area contributed by atoms with Crippen molar-refractivity contribution in [3.05, 3.63) is 35.4 Å². The molecule has 1 saturated heterocycles. The van der Waals surface area contributed by atoms with E-state index in [9.17, 15) is 13.6 Å². The summed E-state index contributed by atoms with van der Waals surface area (Å²) in [4.78, 5) is 19.8. The third-order valence-electron chi connectivity index (χ3n) is 4.40. The van der Waals surface area contributed by atoms with Gasteiger partial charge in [0.25, 0.3) is 0 Å². The second-order valence-corrected chi connectivity index (χ2v) is 6.18. The minimum absolute atomic E-state index is 0.0114. The van der Waals surface area contributed by atoms with Crippen LogP contribution in [0.1, 0.15) is 25.3 Å². The Morgan fingerprint density at radius 1 is 1.23 bits per heavy atom. The Morgan fingerprint density at radius 2 is 1.88 bits per heavy atom. The molecule has 144 valence electrons. The van der Waals surface area contributed by atoms with Crippen molar-refractivity contribution in [3.63, 3.8) is 0 Å². The van der Waals surface area contributed by atoms with Gasteiger partial charge in [-0.05, 0) is 30.5 Å². The van der Waals surface area contributed by atoms with E-state index >= 15 is 0 Å². The van der Waals surface area contributed by atoms with Crippen molar-refractivity contribution in [2.45, 2.75) is 19.8 Å². The number of hydrogen-bond acceptors (Lipinski definition) is 3. The summed E-state index contributed by atoms with van der Waals surface area (Å²) in [6, 6.07) is 3.96. The lowest BCUT2D eigenvalue weighted by Gasteiger charge is -2.36. The molecule has 1 amide bonds. The molecule has 6 nitrogen and oxygen atoms in total. The van der Waals surface area contributed by atoms with Crippen LogP contribution in [-0.4, -0.2) is 68.2 Å². The summed E-state index contributed by atoms with van der Waals surface area (Å²) in [5.41, 5.74) is 0.721. The molecule has 2 rings (SSSR count). The molecular formula is C18H26F2N4O2. The number of benzene rings is 1. The zero-order chi connectivity index (χ0) is 19.1. The van der Waals surface area contributed by atoms with Gasteiger partial charge in [0.15, 0.2) is 17.6 Å². The average Bonchev–Trinajstić information content (AvgIpc) is 2.65. The highest BCUT2D eigenvalue weighted by Crippen LogP contribution is 2.17. The Kier molecular flexibility index (Phi) is 7.17. The quantitative estimate of drug-likeness (QED) is 0.655. The first kappa shape index (κ1) is 19.9. The summed E-state index contributed by atoms with van der Waals surface area (Å²) in [6.07, 6.45) is -0.290. The number of nitrogens with one attached hydrogen (secondary N) is 1. The summed E-state index contributed by atoms with van der Waals surface area (Å²) in [6.45, 7) is 7.06. The van der Waals surface area contributed by atoms with Gasteiger partial charge in [-0.25, -0.2) is 13.6 Å². The summed E-state index contributed by atoms with van der Waals surface area (Å²) >= 11 is 0. The highest BCUT2D eigenvalue weighted by Gasteiger charge is 2.24. The molecule has 1 aromatic rings. The van der Waals surface area contributed by atoms with Crippen LogP contribution in [0.2, 0.25) is 0 Å². The Bertz CT molecular complexity index is 646. The van der Waals surface area contributed by atoms with Gasteiger partial charge in [-0.2, -0.15) is 0 Å². The minimum atomic E-state index is -0.843. The lowest BCUT2D eigenvalue weighted by Crippen LogP contribution is -2.54. The van der Waals surface area contributed by atoms with E-state index < -0.39 is 11.6 Å². The first-order chi connectivity index (χ1) is 12.5. The number of guanidine groups is 1. The second-order valence-electron chi connectivity index (χ2n) is 6.18. The molecule has 1 N–H and O–H groups in total. The molecule has 0 aliphatic carbocycles. The average molecular weight is 368 g/mol. The third-order valence-corrected chi connectivity index (χ3v) is 4.40. The van der Waals surface area contributed by atoms with Crippen LogP contribution in [0.5, 0.6) is 0 Å². The summed E-state index contributed by atoms with van der Waals surface area (Å²) < 4.78 is 31.5. The maximum Gasteiger partial charge on any atom is 0.409 e. The van der Waals surface area contributed by atoms with Gasteiger partial charge in [-0.3, -0.25) is 4.99 Å². The fourth-order valence-electron chi connectivity index (χ4n) is 2.83. The van der Waals surface area contributed by atoms with E-state index in [1.165, 1.54) is 6.07 Å². The van der Waals surface area contributed by atoms with Crippen LogP contribution in [0.25, 0.3) is 0 Å². The largest absolute Gasteiger partial charge is 0.450 e. The molecule has 1 heterocycles. The number of carbonyl (C=O) groups is 1. The highest BCUT2D eigenvalue weighted by molar-refractivity contribution is 5.80. The maximum absolute atomic E-state index is 13.4. The number of nitrogens with zero attached hydrogens (tertiary/aromatic N) is 3. The molecule has 26 heavy (non-hydrogen) atoms. The van der Waals surface area contributed by atoms with Gasteiger partial charge in [0, 0.05) is 39.8 Å². The zero-order valence-corrected chi connectivity index (χ0v) is 15.5. The molecule has 0 saturated carbocycles. The van der Waals surface area contributed by atoms with E-state index in [-0.39, 0.29) is 12.0 Å². The van der Waals surface area contributed by atoms with E-state index in [0.717, 1.165) is 17.6 Å². The van der Waals surface area contributed by atoms with E-state index in [4.69, 9.17) is 4.74 Å². The number of hydrogen-bond donors (Lipinski definition) is 1. The molecule has 1 aliphatic heterocycles. The SMILES string of the molecule is CCOC(=O)N1CCN(C(=NC)NCC(C)c2ccc(F)c(F)c2)CC1. The molecule has 0 aromatic heterocycles. The van der Waals surface area contributed by atoms with E-state index in [0.29, 0.717) is 39.3 Å². The molecule has 0 bridgehead atoms. The van der Waals surface area contributed by atoms with E-state index in [1.54, 1.807) is 24.9 Å². The van der Waals surface area contributed by atoms with Gasteiger partial charge in [0.1, 0.15) is 0 Å². The smallest absolute Gasteiger partial charge is 0.409 e. The van der Waals surface area contributed by atoms with Crippen molar-refractivity contribution < 1.29 is 18.3 Å². The van der Waals surface area contributed by atoms with Gasteiger partial charge >= 0.3 is 6.09 Å². The lowest BCUT2D eigenvalue weighted by atomic mass is 10.0. The molecule has 0 spiro atoms. The van der Waals surface area contributed by atoms with Crippen molar-refractivity contribution in [1.82, 2.24) is 15.1 Å². The Morgan fingerprint density at radius 3 is 2.46 bits per heavy atom. The van der Waals surface area contributed by atoms with Gasteiger partial charge in [0.05, 0.1) is 6.61 Å². The number of carbonyl (C=O) groups excluding carboxylic acids is 1. The molecule has 1 aromatic carbocycles. The third kappa shape index (κ3) is 5.06.